The number of H-pyrrole nitrogens is 1. The fourth-order valence-electron chi connectivity index (χ4n) is 5.16. The maximum absolute atomic E-state index is 13.1. The summed E-state index contributed by atoms with van der Waals surface area (Å²) in [7, 11) is 0. The van der Waals surface area contributed by atoms with Gasteiger partial charge in [-0.3, -0.25) is 9.59 Å². The van der Waals surface area contributed by atoms with Crippen molar-refractivity contribution in [3.63, 3.8) is 0 Å². The van der Waals surface area contributed by atoms with Gasteiger partial charge in [0.2, 0.25) is 5.91 Å². The minimum Gasteiger partial charge on any atom is -0.480 e. The third kappa shape index (κ3) is 2.82. The average molecular weight is 394 g/mol. The lowest BCUT2D eigenvalue weighted by atomic mass is 9.78. The largest absolute Gasteiger partial charge is 0.480 e. The van der Waals surface area contributed by atoms with E-state index in [1.165, 1.54) is 0 Å². The number of piperidine rings is 1. The minimum absolute atomic E-state index is 0.0440. The molecule has 7 heteroatoms. The number of hydrogen-bond acceptors (Lipinski definition) is 4. The van der Waals surface area contributed by atoms with E-state index in [9.17, 15) is 9.59 Å². The Labute approximate surface area is 170 Å². The van der Waals surface area contributed by atoms with Gasteiger partial charge in [-0.05, 0) is 24.5 Å². The van der Waals surface area contributed by atoms with Crippen molar-refractivity contribution in [3.8, 4) is 5.75 Å². The van der Waals surface area contributed by atoms with Crippen LogP contribution in [0, 0.1) is 0 Å². The van der Waals surface area contributed by atoms with Crippen molar-refractivity contribution in [2.45, 2.75) is 50.7 Å². The number of likely N-dealkylation sites (tertiary alicyclic amines) is 1. The van der Waals surface area contributed by atoms with Crippen LogP contribution >= 0.6 is 0 Å². The molecule has 4 heterocycles. The van der Waals surface area contributed by atoms with E-state index >= 15 is 0 Å². The van der Waals surface area contributed by atoms with Gasteiger partial charge in [0.25, 0.3) is 5.91 Å². The van der Waals surface area contributed by atoms with Gasteiger partial charge >= 0.3 is 0 Å². The lowest BCUT2D eigenvalue weighted by Gasteiger charge is -2.50. The molecule has 152 valence electrons. The first-order chi connectivity index (χ1) is 14.1. The molecular formula is C22H26N4O3. The number of amides is 2. The lowest BCUT2D eigenvalue weighted by Crippen LogP contribution is -2.59. The van der Waals surface area contributed by atoms with Gasteiger partial charge in [-0.15, -0.1) is 0 Å². The minimum atomic E-state index is -0.442. The highest BCUT2D eigenvalue weighted by atomic mass is 16.5. The Kier molecular flexibility index (Phi) is 4.33. The van der Waals surface area contributed by atoms with Crippen LogP contribution < -0.4 is 4.74 Å². The topological polar surface area (TPSA) is 78.5 Å². The molecule has 0 aliphatic carbocycles. The van der Waals surface area contributed by atoms with Crippen LogP contribution in [0.1, 0.15) is 43.1 Å². The normalized spacial score (nSPS) is 22.2. The number of nitrogens with one attached hydrogen (secondary N) is 1. The van der Waals surface area contributed by atoms with Crippen LogP contribution in [-0.4, -0.2) is 57.3 Å². The Morgan fingerprint density at radius 3 is 2.79 bits per heavy atom. The molecule has 1 spiro atoms. The summed E-state index contributed by atoms with van der Waals surface area (Å²) in [6.07, 6.45) is 4.62. The molecule has 1 aromatic carbocycles. The lowest BCUT2D eigenvalue weighted by molar-refractivity contribution is -0.146. The number of carbonyl (C=O) groups is 2. The van der Waals surface area contributed by atoms with E-state index in [2.05, 4.69) is 9.97 Å². The second kappa shape index (κ2) is 6.90. The standard InChI is InChI=1S/C22H26N4O3/c1-2-19(27)26-10-7-16-20(24-14-23-16)22(26)8-11-25(12-9-22)21(28)18-13-15-5-3-4-6-17(15)29-18/h3-6,14,18H,2,7-13H2,1H3,(H,23,24)/t18-/m0/s1. The molecule has 2 amide bonds. The maximum atomic E-state index is 13.1. The quantitative estimate of drug-likeness (QED) is 0.845. The van der Waals surface area contributed by atoms with E-state index in [0.717, 1.165) is 29.1 Å². The van der Waals surface area contributed by atoms with Gasteiger partial charge < -0.3 is 19.5 Å². The fourth-order valence-corrected chi connectivity index (χ4v) is 5.16. The van der Waals surface area contributed by atoms with Crippen molar-refractivity contribution in [1.82, 2.24) is 19.8 Å². The van der Waals surface area contributed by atoms with Crippen molar-refractivity contribution < 1.29 is 14.3 Å². The zero-order valence-electron chi connectivity index (χ0n) is 16.7. The number of benzene rings is 1. The van der Waals surface area contributed by atoms with Crippen molar-refractivity contribution in [3.05, 3.63) is 47.5 Å². The van der Waals surface area contributed by atoms with Gasteiger partial charge in [-0.25, -0.2) is 4.98 Å². The smallest absolute Gasteiger partial charge is 0.263 e. The molecule has 7 nitrogen and oxygen atoms in total. The van der Waals surface area contributed by atoms with Crippen LogP contribution in [0.2, 0.25) is 0 Å². The van der Waals surface area contributed by atoms with Gasteiger partial charge in [0, 0.05) is 44.6 Å². The van der Waals surface area contributed by atoms with Crippen LogP contribution in [0.3, 0.4) is 0 Å². The molecule has 0 saturated carbocycles. The second-order valence-electron chi connectivity index (χ2n) is 8.15. The number of nitrogens with zero attached hydrogens (tertiary/aromatic N) is 3. The van der Waals surface area contributed by atoms with Gasteiger partial charge in [0.15, 0.2) is 6.10 Å². The average Bonchev–Trinajstić information content (AvgIpc) is 3.41. The Morgan fingerprint density at radius 1 is 1.24 bits per heavy atom. The molecular weight excluding hydrogens is 368 g/mol. The number of carbonyl (C=O) groups excluding carboxylic acids is 2. The van der Waals surface area contributed by atoms with Crippen LogP contribution in [-0.2, 0) is 28.0 Å². The third-order valence-corrected chi connectivity index (χ3v) is 6.69. The van der Waals surface area contributed by atoms with Crippen LogP contribution in [0.4, 0.5) is 0 Å². The van der Waals surface area contributed by atoms with Crippen LogP contribution in [0.5, 0.6) is 5.75 Å². The highest BCUT2D eigenvalue weighted by molar-refractivity contribution is 5.83. The molecule has 1 aromatic heterocycles. The third-order valence-electron chi connectivity index (χ3n) is 6.69. The summed E-state index contributed by atoms with van der Waals surface area (Å²) in [5.41, 5.74) is 2.80. The molecule has 0 unspecified atom stereocenters. The Balaban J connectivity index is 1.34. The fraction of sp³-hybridized carbons (Fsp3) is 0.500. The molecule has 1 N–H and O–H groups in total. The van der Waals surface area contributed by atoms with Gasteiger partial charge in [0.1, 0.15) is 5.75 Å². The van der Waals surface area contributed by atoms with E-state index < -0.39 is 11.6 Å². The van der Waals surface area contributed by atoms with Crippen molar-refractivity contribution >= 4 is 11.8 Å². The van der Waals surface area contributed by atoms with Crippen molar-refractivity contribution in [2.24, 2.45) is 0 Å². The molecule has 2 aromatic rings. The molecule has 29 heavy (non-hydrogen) atoms. The van der Waals surface area contributed by atoms with E-state index in [1.807, 2.05) is 41.0 Å². The maximum Gasteiger partial charge on any atom is 0.263 e. The molecule has 3 aliphatic rings. The van der Waals surface area contributed by atoms with E-state index in [1.54, 1.807) is 6.33 Å². The molecule has 0 bridgehead atoms. The van der Waals surface area contributed by atoms with E-state index in [4.69, 9.17) is 4.74 Å². The summed E-state index contributed by atoms with van der Waals surface area (Å²) in [6.45, 7) is 3.82. The van der Waals surface area contributed by atoms with Crippen molar-refractivity contribution in [1.29, 1.82) is 0 Å². The SMILES string of the molecule is CCC(=O)N1CCc2[nH]cnc2C12CCN(C(=O)[C@@H]1Cc3ccccc3O1)CC2. The van der Waals surface area contributed by atoms with Crippen LogP contribution in [0.25, 0.3) is 0 Å². The zero-order chi connectivity index (χ0) is 20.0. The molecule has 0 radical (unpaired) electrons. The molecule has 1 saturated heterocycles. The highest BCUT2D eigenvalue weighted by Crippen LogP contribution is 2.43. The number of fused-ring (bicyclic) bond motifs is 3. The van der Waals surface area contributed by atoms with Gasteiger partial charge in [-0.1, -0.05) is 25.1 Å². The Morgan fingerprint density at radius 2 is 2.03 bits per heavy atom. The monoisotopic (exact) mass is 394 g/mol. The summed E-state index contributed by atoms with van der Waals surface area (Å²) in [4.78, 5) is 37.6. The number of rotatable bonds is 2. The first-order valence-corrected chi connectivity index (χ1v) is 10.5. The predicted molar refractivity (Wildman–Crippen MR) is 106 cm³/mol. The molecule has 3 aliphatic heterocycles. The first-order valence-electron chi connectivity index (χ1n) is 10.5. The summed E-state index contributed by atoms with van der Waals surface area (Å²) < 4.78 is 5.91. The Bertz CT molecular complexity index is 920. The summed E-state index contributed by atoms with van der Waals surface area (Å²) >= 11 is 0. The van der Waals surface area contributed by atoms with Crippen LogP contribution in [0.15, 0.2) is 30.6 Å². The highest BCUT2D eigenvalue weighted by Gasteiger charge is 2.49. The van der Waals surface area contributed by atoms with Gasteiger partial charge in [-0.2, -0.15) is 0 Å². The van der Waals surface area contributed by atoms with Gasteiger partial charge in [0.05, 0.1) is 17.6 Å². The molecule has 1 fully saturated rings. The zero-order valence-corrected chi connectivity index (χ0v) is 16.7. The molecule has 5 rings (SSSR count). The van der Waals surface area contributed by atoms with Crippen molar-refractivity contribution in [2.75, 3.05) is 19.6 Å². The first kappa shape index (κ1) is 18.2. The number of hydrogen-bond donors (Lipinski definition) is 1. The molecule has 1 atom stereocenters. The number of aromatic nitrogens is 2. The number of ether oxygens (including phenoxy) is 1. The predicted octanol–water partition coefficient (Wildman–Crippen LogP) is 2.03. The summed E-state index contributed by atoms with van der Waals surface area (Å²) in [5, 5.41) is 0. The second-order valence-corrected chi connectivity index (χ2v) is 8.15. The Hall–Kier alpha value is -2.83. The number of para-hydroxylation sites is 1. The van der Waals surface area contributed by atoms with E-state index in [-0.39, 0.29) is 11.8 Å². The summed E-state index contributed by atoms with van der Waals surface area (Å²) in [5.74, 6) is 1.02. The number of aromatic amines is 1. The number of imidazole rings is 1. The van der Waals surface area contributed by atoms with E-state index in [0.29, 0.717) is 45.3 Å². The summed E-state index contributed by atoms with van der Waals surface area (Å²) in [6, 6.07) is 7.84.